The van der Waals surface area contributed by atoms with Gasteiger partial charge in [-0.25, -0.2) is 0 Å². The Labute approximate surface area is 107 Å². The van der Waals surface area contributed by atoms with Gasteiger partial charge in [0.1, 0.15) is 0 Å². The minimum absolute atomic E-state index is 0.0671. The van der Waals surface area contributed by atoms with Crippen molar-refractivity contribution < 1.29 is 14.7 Å². The molecule has 0 radical (unpaired) electrons. The fourth-order valence-electron chi connectivity index (χ4n) is 5.04. The summed E-state index contributed by atoms with van der Waals surface area (Å²) in [5.41, 5.74) is -0.763. The molecule has 0 aromatic carbocycles. The predicted molar refractivity (Wildman–Crippen MR) is 65.9 cm³/mol. The highest BCUT2D eigenvalue weighted by Gasteiger charge is 2.61. The molecule has 4 rings (SSSR count). The van der Waals surface area contributed by atoms with Crippen molar-refractivity contribution in [3.8, 4) is 0 Å². The summed E-state index contributed by atoms with van der Waals surface area (Å²) in [7, 11) is 0. The van der Waals surface area contributed by atoms with Gasteiger partial charge in [-0.2, -0.15) is 0 Å². The van der Waals surface area contributed by atoms with Gasteiger partial charge in [-0.1, -0.05) is 6.92 Å². The van der Waals surface area contributed by atoms with Crippen LogP contribution in [-0.4, -0.2) is 22.5 Å². The first-order valence-electron chi connectivity index (χ1n) is 7.01. The fraction of sp³-hybridized carbons (Fsp3) is 0.857. The molecule has 2 atom stereocenters. The standard InChI is InChI=1S/C14H21NO3/c1-2-11(16)15-14-6-9-3-10(7-14)5-13(4-9,8-14)12(17)18/h9-10H,2-8H2,1H3,(H,15,16)(H,17,18). The molecule has 4 bridgehead atoms. The van der Waals surface area contributed by atoms with Gasteiger partial charge in [0.2, 0.25) is 5.91 Å². The number of carbonyl (C=O) groups is 2. The molecule has 18 heavy (non-hydrogen) atoms. The SMILES string of the molecule is CCC(=O)NC12CC3CC(C1)CC(C(=O)O)(C3)C2. The first-order valence-corrected chi connectivity index (χ1v) is 7.01. The molecule has 100 valence electrons. The summed E-state index contributed by atoms with van der Waals surface area (Å²) in [6.07, 6.45) is 5.92. The summed E-state index contributed by atoms with van der Waals surface area (Å²) in [5.74, 6) is 0.420. The third-order valence-corrected chi connectivity index (χ3v) is 5.24. The van der Waals surface area contributed by atoms with Crippen LogP contribution in [0.4, 0.5) is 0 Å². The van der Waals surface area contributed by atoms with Gasteiger partial charge in [0.15, 0.2) is 0 Å². The first-order chi connectivity index (χ1) is 8.47. The summed E-state index contributed by atoms with van der Waals surface area (Å²) < 4.78 is 0. The molecule has 0 aromatic heterocycles. The van der Waals surface area contributed by atoms with Gasteiger partial charge in [0, 0.05) is 12.0 Å². The van der Waals surface area contributed by atoms with Crippen LogP contribution in [-0.2, 0) is 9.59 Å². The second-order valence-corrected chi connectivity index (χ2v) is 6.73. The number of carboxylic acids is 1. The molecular formula is C14H21NO3. The van der Waals surface area contributed by atoms with Crippen LogP contribution in [0.3, 0.4) is 0 Å². The second kappa shape index (κ2) is 3.72. The van der Waals surface area contributed by atoms with E-state index in [-0.39, 0.29) is 11.4 Å². The number of hydrogen-bond acceptors (Lipinski definition) is 2. The van der Waals surface area contributed by atoms with Crippen LogP contribution in [0.1, 0.15) is 51.9 Å². The lowest BCUT2D eigenvalue weighted by Gasteiger charge is -2.60. The van der Waals surface area contributed by atoms with Gasteiger partial charge in [0.05, 0.1) is 5.41 Å². The zero-order valence-electron chi connectivity index (χ0n) is 10.9. The molecule has 4 aliphatic carbocycles. The third kappa shape index (κ3) is 1.65. The smallest absolute Gasteiger partial charge is 0.309 e. The molecule has 0 heterocycles. The van der Waals surface area contributed by atoms with Gasteiger partial charge in [-0.3, -0.25) is 9.59 Å². The van der Waals surface area contributed by atoms with E-state index >= 15 is 0 Å². The van der Waals surface area contributed by atoms with Crippen LogP contribution in [0.25, 0.3) is 0 Å². The Hall–Kier alpha value is -1.06. The molecule has 4 heteroatoms. The molecule has 2 unspecified atom stereocenters. The molecule has 0 saturated heterocycles. The maximum Gasteiger partial charge on any atom is 0.309 e. The lowest BCUT2D eigenvalue weighted by Crippen LogP contribution is -2.64. The molecule has 0 aromatic rings. The Balaban J connectivity index is 1.89. The minimum atomic E-state index is -0.647. The fourth-order valence-corrected chi connectivity index (χ4v) is 5.04. The first kappa shape index (κ1) is 12.0. The van der Waals surface area contributed by atoms with Gasteiger partial charge in [-0.15, -0.1) is 0 Å². The van der Waals surface area contributed by atoms with Crippen molar-refractivity contribution in [2.75, 3.05) is 0 Å². The third-order valence-electron chi connectivity index (χ3n) is 5.24. The van der Waals surface area contributed by atoms with Crippen LogP contribution in [0.15, 0.2) is 0 Å². The van der Waals surface area contributed by atoms with E-state index in [4.69, 9.17) is 0 Å². The zero-order chi connectivity index (χ0) is 13.0. The van der Waals surface area contributed by atoms with Crippen molar-refractivity contribution >= 4 is 11.9 Å². The molecule has 2 N–H and O–H groups in total. The Bertz CT molecular complexity index is 390. The van der Waals surface area contributed by atoms with E-state index in [9.17, 15) is 14.7 Å². The Kier molecular flexibility index (Phi) is 2.48. The number of carbonyl (C=O) groups excluding carboxylic acids is 1. The lowest BCUT2D eigenvalue weighted by atomic mass is 9.47. The number of aliphatic carboxylic acids is 1. The van der Waals surface area contributed by atoms with E-state index in [1.165, 1.54) is 6.42 Å². The quantitative estimate of drug-likeness (QED) is 0.805. The Morgan fingerprint density at radius 1 is 1.22 bits per heavy atom. The monoisotopic (exact) mass is 251 g/mol. The highest BCUT2D eigenvalue weighted by molar-refractivity contribution is 5.78. The topological polar surface area (TPSA) is 66.4 Å². The highest BCUT2D eigenvalue weighted by Crippen LogP contribution is 2.61. The maximum absolute atomic E-state index is 11.7. The number of hydrogen-bond donors (Lipinski definition) is 2. The van der Waals surface area contributed by atoms with Gasteiger partial charge in [-0.05, 0) is 50.4 Å². The van der Waals surface area contributed by atoms with Crippen LogP contribution in [0.5, 0.6) is 0 Å². The lowest BCUT2D eigenvalue weighted by molar-refractivity contribution is -0.169. The molecule has 4 aliphatic rings. The largest absolute Gasteiger partial charge is 0.481 e. The van der Waals surface area contributed by atoms with Crippen molar-refractivity contribution in [2.24, 2.45) is 17.3 Å². The predicted octanol–water partition coefficient (Wildman–Crippen LogP) is 1.94. The Morgan fingerprint density at radius 3 is 2.33 bits per heavy atom. The van der Waals surface area contributed by atoms with E-state index in [0.717, 1.165) is 25.7 Å². The summed E-state index contributed by atoms with van der Waals surface area (Å²) >= 11 is 0. The van der Waals surface area contributed by atoms with Crippen LogP contribution in [0, 0.1) is 17.3 Å². The molecule has 4 saturated carbocycles. The normalized spacial score (nSPS) is 44.9. The molecule has 0 aliphatic heterocycles. The van der Waals surface area contributed by atoms with Crippen molar-refractivity contribution in [3.05, 3.63) is 0 Å². The van der Waals surface area contributed by atoms with Crippen molar-refractivity contribution in [3.63, 3.8) is 0 Å². The number of amides is 1. The molecule has 1 amide bonds. The van der Waals surface area contributed by atoms with Crippen LogP contribution >= 0.6 is 0 Å². The minimum Gasteiger partial charge on any atom is -0.481 e. The van der Waals surface area contributed by atoms with E-state index in [0.29, 0.717) is 24.7 Å². The zero-order valence-corrected chi connectivity index (χ0v) is 10.9. The van der Waals surface area contributed by atoms with Gasteiger partial charge >= 0.3 is 5.97 Å². The van der Waals surface area contributed by atoms with Crippen molar-refractivity contribution in [1.29, 1.82) is 0 Å². The van der Waals surface area contributed by atoms with Gasteiger partial charge in [0.25, 0.3) is 0 Å². The molecule has 4 nitrogen and oxygen atoms in total. The van der Waals surface area contributed by atoms with Crippen LogP contribution in [0.2, 0.25) is 0 Å². The van der Waals surface area contributed by atoms with Crippen molar-refractivity contribution in [1.82, 2.24) is 5.32 Å². The van der Waals surface area contributed by atoms with E-state index in [1.807, 2.05) is 6.92 Å². The number of rotatable bonds is 3. The highest BCUT2D eigenvalue weighted by atomic mass is 16.4. The second-order valence-electron chi connectivity index (χ2n) is 6.73. The van der Waals surface area contributed by atoms with Crippen molar-refractivity contribution in [2.45, 2.75) is 57.4 Å². The maximum atomic E-state index is 11.7. The Morgan fingerprint density at radius 2 is 1.83 bits per heavy atom. The summed E-state index contributed by atoms with van der Waals surface area (Å²) in [4.78, 5) is 23.3. The summed E-state index contributed by atoms with van der Waals surface area (Å²) in [5, 5.41) is 12.7. The summed E-state index contributed by atoms with van der Waals surface area (Å²) in [6, 6.07) is 0. The van der Waals surface area contributed by atoms with E-state index < -0.39 is 11.4 Å². The van der Waals surface area contributed by atoms with E-state index in [1.54, 1.807) is 0 Å². The molecular weight excluding hydrogens is 230 g/mol. The average Bonchev–Trinajstić information content (AvgIpc) is 2.26. The number of carboxylic acid groups (broad SMARTS) is 1. The van der Waals surface area contributed by atoms with E-state index in [2.05, 4.69) is 5.32 Å². The van der Waals surface area contributed by atoms with Gasteiger partial charge < -0.3 is 10.4 Å². The number of nitrogens with one attached hydrogen (secondary N) is 1. The molecule has 4 fully saturated rings. The summed E-state index contributed by atoms with van der Waals surface area (Å²) in [6.45, 7) is 1.85. The van der Waals surface area contributed by atoms with Crippen LogP contribution < -0.4 is 5.32 Å². The average molecular weight is 251 g/mol. The molecule has 0 spiro atoms.